The third-order valence-corrected chi connectivity index (χ3v) is 1.89. The molecule has 0 saturated heterocycles. The molecular weight excluding hydrogens is 166 g/mol. The van der Waals surface area contributed by atoms with Gasteiger partial charge in [0.25, 0.3) is 0 Å². The number of hydrogen-bond acceptors (Lipinski definition) is 3. The number of methoxy groups -OCH3 is 1. The van der Waals surface area contributed by atoms with Crippen molar-refractivity contribution in [3.8, 4) is 5.75 Å². The SMILES string of the molecule is CCN(O)Cc1ccc(OC)cc1. The number of benzene rings is 1. The number of hydroxylamine groups is 2. The molecule has 0 aliphatic heterocycles. The van der Waals surface area contributed by atoms with Gasteiger partial charge in [-0.05, 0) is 17.7 Å². The van der Waals surface area contributed by atoms with E-state index in [1.807, 2.05) is 31.2 Å². The number of hydrogen-bond donors (Lipinski definition) is 1. The van der Waals surface area contributed by atoms with Gasteiger partial charge < -0.3 is 9.94 Å². The molecule has 3 heteroatoms. The maximum absolute atomic E-state index is 9.24. The van der Waals surface area contributed by atoms with E-state index in [1.54, 1.807) is 7.11 Å². The van der Waals surface area contributed by atoms with Crippen LogP contribution in [0.1, 0.15) is 12.5 Å². The molecule has 1 aromatic rings. The predicted molar refractivity (Wildman–Crippen MR) is 50.9 cm³/mol. The Kier molecular flexibility index (Phi) is 3.73. The van der Waals surface area contributed by atoms with Gasteiger partial charge in [0.15, 0.2) is 0 Å². The number of rotatable bonds is 4. The van der Waals surface area contributed by atoms with Gasteiger partial charge >= 0.3 is 0 Å². The number of nitrogens with zero attached hydrogens (tertiary/aromatic N) is 1. The first kappa shape index (κ1) is 10.0. The Bertz CT molecular complexity index is 246. The van der Waals surface area contributed by atoms with E-state index in [0.29, 0.717) is 13.1 Å². The smallest absolute Gasteiger partial charge is 0.118 e. The lowest BCUT2D eigenvalue weighted by molar-refractivity contribution is -0.0946. The summed E-state index contributed by atoms with van der Waals surface area (Å²) in [5.41, 5.74) is 1.07. The maximum Gasteiger partial charge on any atom is 0.118 e. The van der Waals surface area contributed by atoms with Gasteiger partial charge in [-0.25, -0.2) is 0 Å². The Labute approximate surface area is 78.5 Å². The highest BCUT2D eigenvalue weighted by molar-refractivity contribution is 5.26. The Morgan fingerprint density at radius 3 is 2.38 bits per heavy atom. The first-order valence-electron chi connectivity index (χ1n) is 4.33. The average molecular weight is 181 g/mol. The highest BCUT2D eigenvalue weighted by atomic mass is 16.5. The van der Waals surface area contributed by atoms with Crippen molar-refractivity contribution in [2.45, 2.75) is 13.5 Å². The zero-order chi connectivity index (χ0) is 9.68. The minimum absolute atomic E-state index is 0.556. The van der Waals surface area contributed by atoms with Crippen molar-refractivity contribution in [2.75, 3.05) is 13.7 Å². The van der Waals surface area contributed by atoms with Crippen LogP contribution >= 0.6 is 0 Å². The Morgan fingerprint density at radius 2 is 1.92 bits per heavy atom. The van der Waals surface area contributed by atoms with E-state index < -0.39 is 0 Å². The second kappa shape index (κ2) is 4.84. The first-order valence-corrected chi connectivity index (χ1v) is 4.33. The molecule has 0 fully saturated rings. The molecule has 0 radical (unpaired) electrons. The Hall–Kier alpha value is -1.06. The van der Waals surface area contributed by atoms with Crippen LogP contribution in [0, 0.1) is 0 Å². The predicted octanol–water partition coefficient (Wildman–Crippen LogP) is 1.91. The second-order valence-corrected chi connectivity index (χ2v) is 2.83. The van der Waals surface area contributed by atoms with E-state index in [-0.39, 0.29) is 0 Å². The molecule has 0 spiro atoms. The van der Waals surface area contributed by atoms with E-state index in [2.05, 4.69) is 0 Å². The molecule has 0 bridgehead atoms. The third kappa shape index (κ3) is 3.05. The lowest BCUT2D eigenvalue weighted by Gasteiger charge is -2.11. The van der Waals surface area contributed by atoms with Gasteiger partial charge in [-0.3, -0.25) is 0 Å². The fourth-order valence-corrected chi connectivity index (χ4v) is 1.05. The fraction of sp³-hybridized carbons (Fsp3) is 0.400. The molecule has 13 heavy (non-hydrogen) atoms. The average Bonchev–Trinajstić information content (AvgIpc) is 2.19. The monoisotopic (exact) mass is 181 g/mol. The van der Waals surface area contributed by atoms with Crippen molar-refractivity contribution in [1.82, 2.24) is 5.06 Å². The van der Waals surface area contributed by atoms with Gasteiger partial charge in [-0.2, -0.15) is 5.06 Å². The molecular formula is C10H15NO2. The molecule has 0 aromatic heterocycles. The Morgan fingerprint density at radius 1 is 1.31 bits per heavy atom. The largest absolute Gasteiger partial charge is 0.497 e. The van der Waals surface area contributed by atoms with E-state index in [9.17, 15) is 5.21 Å². The molecule has 0 atom stereocenters. The van der Waals surface area contributed by atoms with Crippen LogP contribution in [0.4, 0.5) is 0 Å². The van der Waals surface area contributed by atoms with Crippen molar-refractivity contribution in [2.24, 2.45) is 0 Å². The molecule has 0 aliphatic rings. The van der Waals surface area contributed by atoms with Gasteiger partial charge in [0.2, 0.25) is 0 Å². The molecule has 1 rings (SSSR count). The summed E-state index contributed by atoms with van der Waals surface area (Å²) < 4.78 is 5.02. The zero-order valence-corrected chi connectivity index (χ0v) is 8.03. The molecule has 0 amide bonds. The third-order valence-electron chi connectivity index (χ3n) is 1.89. The van der Waals surface area contributed by atoms with E-state index >= 15 is 0 Å². The first-order chi connectivity index (χ1) is 6.26. The minimum Gasteiger partial charge on any atom is -0.497 e. The van der Waals surface area contributed by atoms with Crippen LogP contribution in [0.2, 0.25) is 0 Å². The van der Waals surface area contributed by atoms with E-state index in [4.69, 9.17) is 4.74 Å². The van der Waals surface area contributed by atoms with Crippen molar-refractivity contribution in [3.63, 3.8) is 0 Å². The summed E-state index contributed by atoms with van der Waals surface area (Å²) in [6, 6.07) is 7.66. The summed E-state index contributed by atoms with van der Waals surface area (Å²) in [4.78, 5) is 0. The zero-order valence-electron chi connectivity index (χ0n) is 8.03. The van der Waals surface area contributed by atoms with Crippen LogP contribution in [0.3, 0.4) is 0 Å². The van der Waals surface area contributed by atoms with Crippen LogP contribution in [-0.2, 0) is 6.54 Å². The van der Waals surface area contributed by atoms with Crippen molar-refractivity contribution >= 4 is 0 Å². The van der Waals surface area contributed by atoms with Crippen LogP contribution in [-0.4, -0.2) is 23.9 Å². The summed E-state index contributed by atoms with van der Waals surface area (Å²) in [7, 11) is 1.64. The summed E-state index contributed by atoms with van der Waals surface area (Å²) in [6.45, 7) is 3.09. The van der Waals surface area contributed by atoms with Crippen LogP contribution in [0.25, 0.3) is 0 Å². The summed E-state index contributed by atoms with van der Waals surface area (Å²) in [5.74, 6) is 0.838. The van der Waals surface area contributed by atoms with Crippen LogP contribution in [0.5, 0.6) is 5.75 Å². The van der Waals surface area contributed by atoms with Gasteiger partial charge in [0.05, 0.1) is 7.11 Å². The summed E-state index contributed by atoms with van der Waals surface area (Å²) >= 11 is 0. The van der Waals surface area contributed by atoms with Crippen LogP contribution in [0.15, 0.2) is 24.3 Å². The molecule has 72 valence electrons. The lowest BCUT2D eigenvalue weighted by atomic mass is 10.2. The highest BCUT2D eigenvalue weighted by Crippen LogP contribution is 2.12. The van der Waals surface area contributed by atoms with Gasteiger partial charge in [0, 0.05) is 13.1 Å². The van der Waals surface area contributed by atoms with Gasteiger partial charge in [-0.15, -0.1) is 0 Å². The molecule has 0 unspecified atom stereocenters. The van der Waals surface area contributed by atoms with Crippen molar-refractivity contribution in [3.05, 3.63) is 29.8 Å². The fourth-order valence-electron chi connectivity index (χ4n) is 1.05. The number of ether oxygens (including phenoxy) is 1. The lowest BCUT2D eigenvalue weighted by Crippen LogP contribution is -2.17. The van der Waals surface area contributed by atoms with Gasteiger partial charge in [-0.1, -0.05) is 19.1 Å². The van der Waals surface area contributed by atoms with E-state index in [1.165, 1.54) is 5.06 Å². The minimum atomic E-state index is 0.556. The van der Waals surface area contributed by atoms with Crippen molar-refractivity contribution < 1.29 is 9.94 Å². The summed E-state index contributed by atoms with van der Waals surface area (Å²) in [5, 5.41) is 10.5. The summed E-state index contributed by atoms with van der Waals surface area (Å²) in [6.07, 6.45) is 0. The Balaban J connectivity index is 2.58. The standard InChI is InChI=1S/C10H15NO2/c1-3-11(12)8-9-4-6-10(13-2)7-5-9/h4-7,12H,3,8H2,1-2H3. The van der Waals surface area contributed by atoms with Crippen LogP contribution < -0.4 is 4.74 Å². The molecule has 1 aromatic carbocycles. The normalized spacial score (nSPS) is 10.5. The molecule has 0 saturated carbocycles. The quantitative estimate of drug-likeness (QED) is 0.720. The van der Waals surface area contributed by atoms with Crippen molar-refractivity contribution in [1.29, 1.82) is 0 Å². The molecule has 0 heterocycles. The van der Waals surface area contributed by atoms with Gasteiger partial charge in [0.1, 0.15) is 5.75 Å². The topological polar surface area (TPSA) is 32.7 Å². The molecule has 0 aliphatic carbocycles. The molecule has 3 nitrogen and oxygen atoms in total. The molecule has 1 N–H and O–H groups in total. The maximum atomic E-state index is 9.24. The van der Waals surface area contributed by atoms with E-state index in [0.717, 1.165) is 11.3 Å². The second-order valence-electron chi connectivity index (χ2n) is 2.83. The highest BCUT2D eigenvalue weighted by Gasteiger charge is 1.98.